The highest BCUT2D eigenvalue weighted by Crippen LogP contribution is 2.42. The molecule has 4 heterocycles. The maximum Gasteiger partial charge on any atom is 0.280 e. The summed E-state index contributed by atoms with van der Waals surface area (Å²) in [5.41, 5.74) is -0.546. The number of pyridine rings is 1. The lowest BCUT2D eigenvalue weighted by Crippen LogP contribution is -2.40. The molecular formula is C26H33F2N5O3S. The van der Waals surface area contributed by atoms with Crippen LogP contribution in [0.15, 0.2) is 12.3 Å². The van der Waals surface area contributed by atoms with Crippen LogP contribution in [0.3, 0.4) is 0 Å². The molecule has 0 radical (unpaired) electrons. The van der Waals surface area contributed by atoms with Crippen LogP contribution in [0.2, 0.25) is 0 Å². The maximum atomic E-state index is 14.3. The predicted molar refractivity (Wildman–Crippen MR) is 137 cm³/mol. The highest BCUT2D eigenvalue weighted by atomic mass is 32.1. The Morgan fingerprint density at radius 1 is 1.14 bits per heavy atom. The number of nitrogens with one attached hydrogen (secondary N) is 2. The van der Waals surface area contributed by atoms with Gasteiger partial charge in [0.15, 0.2) is 5.01 Å². The highest BCUT2D eigenvalue weighted by molar-refractivity contribution is 7.17. The van der Waals surface area contributed by atoms with Crippen molar-refractivity contribution in [3.8, 4) is 10.4 Å². The van der Waals surface area contributed by atoms with Crippen molar-refractivity contribution in [1.29, 1.82) is 0 Å². The molecule has 11 heteroatoms. The van der Waals surface area contributed by atoms with Gasteiger partial charge in [0.25, 0.3) is 18.2 Å². The van der Waals surface area contributed by atoms with E-state index >= 15 is 0 Å². The summed E-state index contributed by atoms with van der Waals surface area (Å²) in [6, 6.07) is 1.13. The van der Waals surface area contributed by atoms with Gasteiger partial charge in [-0.05, 0) is 71.8 Å². The lowest BCUT2D eigenvalue weighted by molar-refractivity contribution is 0.0725. The first-order chi connectivity index (χ1) is 17.5. The third kappa shape index (κ3) is 5.20. The average molecular weight is 534 g/mol. The number of thiazole rings is 1. The van der Waals surface area contributed by atoms with Gasteiger partial charge in [0.2, 0.25) is 0 Å². The number of carbonyl (C=O) groups is 2. The molecule has 37 heavy (non-hydrogen) atoms. The van der Waals surface area contributed by atoms with Crippen LogP contribution in [0, 0.1) is 0 Å². The van der Waals surface area contributed by atoms with Crippen molar-refractivity contribution >= 4 is 29.0 Å². The van der Waals surface area contributed by atoms with Gasteiger partial charge in [-0.2, -0.15) is 0 Å². The molecule has 200 valence electrons. The third-order valence-corrected chi connectivity index (χ3v) is 8.51. The molecule has 2 atom stereocenters. The number of amides is 2. The third-order valence-electron chi connectivity index (χ3n) is 7.43. The number of fused-ring (bicyclic) bond motifs is 2. The minimum Gasteiger partial charge on any atom is -0.391 e. The topological polar surface area (TPSA) is 107 Å². The molecule has 5 rings (SSSR count). The Balaban J connectivity index is 1.55. The first-order valence-electron chi connectivity index (χ1n) is 12.9. The summed E-state index contributed by atoms with van der Waals surface area (Å²) in [5.74, 6) is -0.541. The van der Waals surface area contributed by atoms with Crippen molar-refractivity contribution in [3.05, 3.63) is 28.5 Å². The van der Waals surface area contributed by atoms with E-state index in [-0.39, 0.29) is 50.2 Å². The molecule has 1 aliphatic carbocycles. The number of alkyl halides is 2. The second kappa shape index (κ2) is 9.90. The number of hydrogen-bond donors (Lipinski definition) is 3. The van der Waals surface area contributed by atoms with Gasteiger partial charge in [-0.15, -0.1) is 11.3 Å². The fourth-order valence-corrected chi connectivity index (χ4v) is 6.74. The number of carbonyl (C=O) groups excluding carboxylic acids is 2. The standard InChI is InChI=1S/C26H33F2N5O3S/c1-26(2,3)32-19-11-15(22(27)28)16(12-29-19)21-20(25(36)33-13-7-8-14(33)10-9-13)31-24(37-21)23(35)30-17-5-4-6-18(17)34/h11-14,17-18,22,34H,4-10H2,1-3H3,(H,29,32)(H,30,35)/t13-,14+,17-,18-/m0/s1. The number of aromatic nitrogens is 2. The van der Waals surface area contributed by atoms with Gasteiger partial charge < -0.3 is 20.6 Å². The van der Waals surface area contributed by atoms with Crippen molar-refractivity contribution in [2.75, 3.05) is 5.32 Å². The Kier molecular flexibility index (Phi) is 6.95. The molecule has 0 unspecified atom stereocenters. The number of anilines is 1. The number of aliphatic hydroxyl groups is 1. The van der Waals surface area contributed by atoms with Gasteiger partial charge >= 0.3 is 0 Å². The van der Waals surface area contributed by atoms with Crippen LogP contribution in [0.5, 0.6) is 0 Å². The van der Waals surface area contributed by atoms with Crippen molar-refractivity contribution in [3.63, 3.8) is 0 Å². The van der Waals surface area contributed by atoms with E-state index in [1.54, 1.807) is 0 Å². The summed E-state index contributed by atoms with van der Waals surface area (Å²) < 4.78 is 28.6. The second-order valence-corrected chi connectivity index (χ2v) is 12.3. The highest BCUT2D eigenvalue weighted by Gasteiger charge is 2.44. The Hall–Kier alpha value is -2.66. The van der Waals surface area contributed by atoms with Crippen LogP contribution in [0.4, 0.5) is 14.6 Å². The van der Waals surface area contributed by atoms with E-state index in [4.69, 9.17) is 0 Å². The Morgan fingerprint density at radius 3 is 2.38 bits per heavy atom. The van der Waals surface area contributed by atoms with E-state index in [1.165, 1.54) is 12.3 Å². The number of hydrogen-bond acceptors (Lipinski definition) is 7. The molecule has 1 saturated carbocycles. The Labute approximate surface area is 218 Å². The molecule has 3 fully saturated rings. The molecule has 2 aromatic rings. The molecular weight excluding hydrogens is 500 g/mol. The molecule has 2 amide bonds. The zero-order valence-corrected chi connectivity index (χ0v) is 22.1. The summed E-state index contributed by atoms with van der Waals surface area (Å²) >= 11 is 0.920. The van der Waals surface area contributed by atoms with E-state index in [0.29, 0.717) is 18.7 Å². The summed E-state index contributed by atoms with van der Waals surface area (Å²) in [4.78, 5) is 37.6. The minimum atomic E-state index is -2.82. The molecule has 2 aliphatic heterocycles. The van der Waals surface area contributed by atoms with Gasteiger partial charge in [-0.1, -0.05) is 0 Å². The summed E-state index contributed by atoms with van der Waals surface area (Å²) in [6.07, 6.45) is 3.60. The quantitative estimate of drug-likeness (QED) is 0.494. The smallest absolute Gasteiger partial charge is 0.280 e. The zero-order valence-electron chi connectivity index (χ0n) is 21.3. The normalized spacial score (nSPS) is 25.2. The summed E-state index contributed by atoms with van der Waals surface area (Å²) in [6.45, 7) is 5.71. The summed E-state index contributed by atoms with van der Waals surface area (Å²) in [7, 11) is 0. The Morgan fingerprint density at radius 2 is 1.81 bits per heavy atom. The molecule has 2 aromatic heterocycles. The second-order valence-electron chi connectivity index (χ2n) is 11.3. The SMILES string of the molecule is CC(C)(C)Nc1cc(C(F)F)c(-c2sc(C(=O)N[C@H]3CCC[C@@H]3O)nc2C(=O)N2[C@H]3CC[C@@H]2CC3)cn1. The van der Waals surface area contributed by atoms with Crippen LogP contribution < -0.4 is 10.6 Å². The predicted octanol–water partition coefficient (Wildman–Crippen LogP) is 4.76. The molecule has 2 saturated heterocycles. The molecule has 3 aliphatic rings. The number of rotatable bonds is 6. The average Bonchev–Trinajstić information content (AvgIpc) is 3.62. The molecule has 3 N–H and O–H groups in total. The van der Waals surface area contributed by atoms with Crippen molar-refractivity contribution in [2.45, 2.75) is 102 Å². The molecule has 8 nitrogen and oxygen atoms in total. The lowest BCUT2D eigenvalue weighted by Gasteiger charge is -2.23. The number of aliphatic hydroxyl groups excluding tert-OH is 1. The monoisotopic (exact) mass is 533 g/mol. The van der Waals surface area contributed by atoms with Gasteiger partial charge in [0.1, 0.15) is 11.5 Å². The van der Waals surface area contributed by atoms with Crippen LogP contribution >= 0.6 is 11.3 Å². The zero-order chi connectivity index (χ0) is 26.5. The number of nitrogens with zero attached hydrogens (tertiary/aromatic N) is 3. The molecule has 2 bridgehead atoms. The van der Waals surface area contributed by atoms with Crippen LogP contribution in [-0.2, 0) is 0 Å². The summed E-state index contributed by atoms with van der Waals surface area (Å²) in [5, 5.41) is 16.1. The number of halogens is 2. The molecule has 0 aromatic carbocycles. The van der Waals surface area contributed by atoms with Crippen LogP contribution in [0.1, 0.15) is 98.0 Å². The van der Waals surface area contributed by atoms with Crippen LogP contribution in [0.25, 0.3) is 10.4 Å². The first-order valence-corrected chi connectivity index (χ1v) is 13.7. The van der Waals surface area contributed by atoms with Gasteiger partial charge in [-0.3, -0.25) is 9.59 Å². The minimum absolute atomic E-state index is 0.0149. The van der Waals surface area contributed by atoms with Crippen molar-refractivity contribution in [2.24, 2.45) is 0 Å². The van der Waals surface area contributed by atoms with Crippen molar-refractivity contribution in [1.82, 2.24) is 20.2 Å². The van der Waals surface area contributed by atoms with E-state index in [2.05, 4.69) is 20.6 Å². The van der Waals surface area contributed by atoms with Gasteiger partial charge in [-0.25, -0.2) is 18.7 Å². The van der Waals surface area contributed by atoms with E-state index < -0.39 is 24.5 Å². The maximum absolute atomic E-state index is 14.3. The van der Waals surface area contributed by atoms with Crippen LogP contribution in [-0.4, -0.2) is 61.6 Å². The fraction of sp³-hybridized carbons (Fsp3) is 0.615. The van der Waals surface area contributed by atoms with E-state index in [1.807, 2.05) is 25.7 Å². The van der Waals surface area contributed by atoms with Crippen molar-refractivity contribution < 1.29 is 23.5 Å². The van der Waals surface area contributed by atoms with Gasteiger partial charge in [0, 0.05) is 34.9 Å². The largest absolute Gasteiger partial charge is 0.391 e. The molecule has 0 spiro atoms. The van der Waals surface area contributed by atoms with Gasteiger partial charge in [0.05, 0.1) is 17.0 Å². The Bertz CT molecular complexity index is 1180. The lowest BCUT2D eigenvalue weighted by atomic mass is 10.0. The fourth-order valence-electron chi connectivity index (χ4n) is 5.74. The van der Waals surface area contributed by atoms with E-state index in [0.717, 1.165) is 43.4 Å². The first kappa shape index (κ1) is 26.0. The van der Waals surface area contributed by atoms with E-state index in [9.17, 15) is 23.5 Å².